The van der Waals surface area contributed by atoms with Gasteiger partial charge in [-0.15, -0.1) is 0 Å². The van der Waals surface area contributed by atoms with Crippen molar-refractivity contribution in [3.8, 4) is 0 Å². The average molecular weight is 285 g/mol. The van der Waals surface area contributed by atoms with E-state index in [1.54, 1.807) is 0 Å². The Morgan fingerprint density at radius 1 is 1.15 bits per heavy atom. The highest BCUT2D eigenvalue weighted by Crippen LogP contribution is 2.43. The molecule has 0 aliphatic heterocycles. The van der Waals surface area contributed by atoms with E-state index in [9.17, 15) is 13.2 Å². The first-order chi connectivity index (χ1) is 9.41. The lowest BCUT2D eigenvalue weighted by Gasteiger charge is -2.35. The first-order valence-electron chi connectivity index (χ1n) is 7.22. The van der Waals surface area contributed by atoms with Crippen molar-refractivity contribution >= 4 is 0 Å². The Morgan fingerprint density at radius 2 is 1.80 bits per heavy atom. The molecule has 1 fully saturated rings. The van der Waals surface area contributed by atoms with E-state index in [0.717, 1.165) is 12.0 Å². The first-order valence-corrected chi connectivity index (χ1v) is 7.22. The van der Waals surface area contributed by atoms with Gasteiger partial charge in [0, 0.05) is 6.04 Å². The molecule has 2 rings (SSSR count). The predicted molar refractivity (Wildman–Crippen MR) is 74.5 cm³/mol. The number of hydrogen-bond acceptors (Lipinski definition) is 1. The van der Waals surface area contributed by atoms with Crippen LogP contribution in [0.2, 0.25) is 0 Å². The van der Waals surface area contributed by atoms with Crippen molar-refractivity contribution in [1.29, 1.82) is 0 Å². The van der Waals surface area contributed by atoms with Crippen LogP contribution in [0, 0.1) is 18.8 Å². The summed E-state index contributed by atoms with van der Waals surface area (Å²) in [6.07, 6.45) is -2.00. The Hall–Kier alpha value is -1.03. The van der Waals surface area contributed by atoms with Crippen molar-refractivity contribution in [2.45, 2.75) is 44.8 Å². The molecule has 3 atom stereocenters. The Morgan fingerprint density at radius 3 is 2.35 bits per heavy atom. The molecule has 20 heavy (non-hydrogen) atoms. The molecule has 112 valence electrons. The topological polar surface area (TPSA) is 12.0 Å². The third-order valence-electron chi connectivity index (χ3n) is 4.40. The summed E-state index contributed by atoms with van der Waals surface area (Å²) >= 11 is 0. The number of benzene rings is 1. The Balaban J connectivity index is 2.13. The number of alkyl halides is 3. The largest absolute Gasteiger partial charge is 0.391 e. The molecule has 0 amide bonds. The molecule has 1 aliphatic carbocycles. The van der Waals surface area contributed by atoms with Crippen LogP contribution in [0.1, 0.15) is 42.9 Å². The standard InChI is InChI=1S/C16H22F3N/c1-11-6-8-12(9-7-11)15(20-2)13-4-3-5-14(10-13)16(17,18)19/h6-9,13-15,20H,3-5,10H2,1-2H3. The van der Waals surface area contributed by atoms with Crippen LogP contribution in [0.15, 0.2) is 24.3 Å². The molecule has 0 radical (unpaired) electrons. The van der Waals surface area contributed by atoms with Gasteiger partial charge in [0.1, 0.15) is 0 Å². The number of rotatable bonds is 3. The molecule has 3 unspecified atom stereocenters. The molecule has 0 spiro atoms. The molecule has 1 aromatic rings. The van der Waals surface area contributed by atoms with E-state index >= 15 is 0 Å². The van der Waals surface area contributed by atoms with Gasteiger partial charge >= 0.3 is 6.18 Å². The van der Waals surface area contributed by atoms with Crippen molar-refractivity contribution in [3.05, 3.63) is 35.4 Å². The van der Waals surface area contributed by atoms with E-state index in [1.807, 2.05) is 38.2 Å². The van der Waals surface area contributed by atoms with E-state index in [4.69, 9.17) is 0 Å². The zero-order valence-corrected chi connectivity index (χ0v) is 12.0. The molecule has 4 heteroatoms. The molecular formula is C16H22F3N. The minimum Gasteiger partial charge on any atom is -0.313 e. The van der Waals surface area contributed by atoms with Crippen LogP contribution >= 0.6 is 0 Å². The van der Waals surface area contributed by atoms with Crippen molar-refractivity contribution in [3.63, 3.8) is 0 Å². The lowest BCUT2D eigenvalue weighted by molar-refractivity contribution is -0.186. The molecule has 0 heterocycles. The lowest BCUT2D eigenvalue weighted by atomic mass is 9.75. The number of aryl methyl sites for hydroxylation is 1. The molecule has 1 saturated carbocycles. The summed E-state index contributed by atoms with van der Waals surface area (Å²) < 4.78 is 38.8. The maximum atomic E-state index is 12.9. The van der Waals surface area contributed by atoms with Crippen LogP contribution in [0.3, 0.4) is 0 Å². The van der Waals surface area contributed by atoms with Gasteiger partial charge in [-0.1, -0.05) is 36.2 Å². The third kappa shape index (κ3) is 3.54. The number of halogens is 3. The summed E-state index contributed by atoms with van der Waals surface area (Å²) in [6.45, 7) is 2.01. The number of hydrogen-bond donors (Lipinski definition) is 1. The molecule has 1 nitrogen and oxygen atoms in total. The van der Waals surface area contributed by atoms with E-state index < -0.39 is 12.1 Å². The summed E-state index contributed by atoms with van der Waals surface area (Å²) in [6, 6.07) is 8.09. The van der Waals surface area contributed by atoms with Crippen LogP contribution in [-0.2, 0) is 0 Å². The maximum Gasteiger partial charge on any atom is 0.391 e. The Bertz CT molecular complexity index is 424. The molecular weight excluding hydrogens is 263 g/mol. The molecule has 1 aromatic carbocycles. The van der Waals surface area contributed by atoms with E-state index in [0.29, 0.717) is 6.42 Å². The summed E-state index contributed by atoms with van der Waals surface area (Å²) in [5, 5.41) is 3.21. The van der Waals surface area contributed by atoms with Gasteiger partial charge in [0.25, 0.3) is 0 Å². The fraction of sp³-hybridized carbons (Fsp3) is 0.625. The highest BCUT2D eigenvalue weighted by molar-refractivity contribution is 5.24. The Labute approximate surface area is 118 Å². The van der Waals surface area contributed by atoms with Crippen LogP contribution in [0.5, 0.6) is 0 Å². The second kappa shape index (κ2) is 6.17. The van der Waals surface area contributed by atoms with Gasteiger partial charge in [0.15, 0.2) is 0 Å². The monoisotopic (exact) mass is 285 g/mol. The van der Waals surface area contributed by atoms with Gasteiger partial charge in [0.2, 0.25) is 0 Å². The SMILES string of the molecule is CNC(c1ccc(C)cc1)C1CCCC(C(F)(F)F)C1. The molecule has 0 saturated heterocycles. The van der Waals surface area contributed by atoms with Crippen molar-refractivity contribution < 1.29 is 13.2 Å². The number of nitrogens with one attached hydrogen (secondary N) is 1. The predicted octanol–water partition coefficient (Wildman–Crippen LogP) is 4.62. The van der Waals surface area contributed by atoms with E-state index in [1.165, 1.54) is 5.56 Å². The summed E-state index contributed by atoms with van der Waals surface area (Å²) in [5.41, 5.74) is 2.26. The van der Waals surface area contributed by atoms with Crippen LogP contribution < -0.4 is 5.32 Å². The van der Waals surface area contributed by atoms with Gasteiger partial charge < -0.3 is 5.32 Å². The minimum atomic E-state index is -4.05. The average Bonchev–Trinajstić information content (AvgIpc) is 2.41. The minimum absolute atomic E-state index is 0.0146. The van der Waals surface area contributed by atoms with Gasteiger partial charge in [-0.2, -0.15) is 13.2 Å². The van der Waals surface area contributed by atoms with Gasteiger partial charge in [-0.3, -0.25) is 0 Å². The summed E-state index contributed by atoms with van der Waals surface area (Å²) in [7, 11) is 1.84. The van der Waals surface area contributed by atoms with Crippen molar-refractivity contribution in [1.82, 2.24) is 5.32 Å². The Kier molecular flexibility index (Phi) is 4.74. The molecule has 0 bridgehead atoms. The molecule has 0 aromatic heterocycles. The van der Waals surface area contributed by atoms with Crippen molar-refractivity contribution in [2.24, 2.45) is 11.8 Å². The normalized spacial score (nSPS) is 25.4. The molecule has 1 N–H and O–H groups in total. The zero-order chi connectivity index (χ0) is 14.8. The second-order valence-electron chi connectivity index (χ2n) is 5.84. The zero-order valence-electron chi connectivity index (χ0n) is 12.0. The van der Waals surface area contributed by atoms with Crippen LogP contribution in [-0.4, -0.2) is 13.2 Å². The second-order valence-corrected chi connectivity index (χ2v) is 5.84. The van der Waals surface area contributed by atoms with Crippen molar-refractivity contribution in [2.75, 3.05) is 7.05 Å². The van der Waals surface area contributed by atoms with Gasteiger partial charge in [0.05, 0.1) is 5.92 Å². The molecule has 1 aliphatic rings. The van der Waals surface area contributed by atoms with Crippen LogP contribution in [0.4, 0.5) is 13.2 Å². The van der Waals surface area contributed by atoms with Crippen LogP contribution in [0.25, 0.3) is 0 Å². The lowest BCUT2D eigenvalue weighted by Crippen LogP contribution is -2.34. The highest BCUT2D eigenvalue weighted by atomic mass is 19.4. The summed E-state index contributed by atoms with van der Waals surface area (Å²) in [4.78, 5) is 0. The van der Waals surface area contributed by atoms with E-state index in [-0.39, 0.29) is 24.8 Å². The highest BCUT2D eigenvalue weighted by Gasteiger charge is 2.43. The first kappa shape index (κ1) is 15.4. The van der Waals surface area contributed by atoms with E-state index in [2.05, 4.69) is 5.32 Å². The third-order valence-corrected chi connectivity index (χ3v) is 4.40. The van der Waals surface area contributed by atoms with Gasteiger partial charge in [-0.25, -0.2) is 0 Å². The fourth-order valence-electron chi connectivity index (χ4n) is 3.28. The van der Waals surface area contributed by atoms with Gasteiger partial charge in [-0.05, 0) is 44.7 Å². The summed E-state index contributed by atoms with van der Waals surface area (Å²) in [5.74, 6) is -1.08. The fourth-order valence-corrected chi connectivity index (χ4v) is 3.28. The smallest absolute Gasteiger partial charge is 0.313 e. The quantitative estimate of drug-likeness (QED) is 0.854. The maximum absolute atomic E-state index is 12.9.